The molecular formula is C9H9BrN4. The zero-order valence-corrected chi connectivity index (χ0v) is 9.48. The number of hydrogen-bond donors (Lipinski definition) is 0. The maximum Gasteiger partial charge on any atom is 0.235 e. The molecule has 0 atom stereocenters. The number of aryl methyl sites for hydroxylation is 2. The van der Waals surface area contributed by atoms with Crippen molar-refractivity contribution in [1.29, 1.82) is 0 Å². The van der Waals surface area contributed by atoms with E-state index in [0.717, 1.165) is 15.9 Å². The van der Waals surface area contributed by atoms with Crippen molar-refractivity contribution in [3.8, 4) is 5.95 Å². The smallest absolute Gasteiger partial charge is 0.235 e. The summed E-state index contributed by atoms with van der Waals surface area (Å²) < 4.78 is 2.72. The molecule has 4 nitrogen and oxygen atoms in total. The van der Waals surface area contributed by atoms with Crippen LogP contribution in [-0.2, 0) is 0 Å². The van der Waals surface area contributed by atoms with E-state index in [2.05, 4.69) is 30.9 Å². The zero-order chi connectivity index (χ0) is 10.1. The van der Waals surface area contributed by atoms with Crippen LogP contribution in [0.25, 0.3) is 5.95 Å². The summed E-state index contributed by atoms with van der Waals surface area (Å²) in [5.74, 6) is 0.645. The van der Waals surface area contributed by atoms with Crippen LogP contribution in [0, 0.1) is 13.8 Å². The lowest BCUT2D eigenvalue weighted by Crippen LogP contribution is -1.99. The maximum absolute atomic E-state index is 4.32. The third kappa shape index (κ3) is 1.68. The molecule has 0 aromatic carbocycles. The summed E-state index contributed by atoms with van der Waals surface area (Å²) in [6.45, 7) is 3.86. The molecule has 0 N–H and O–H groups in total. The maximum atomic E-state index is 4.32. The molecule has 2 aromatic heterocycles. The molecule has 0 aliphatic carbocycles. The Morgan fingerprint density at radius 1 is 1.29 bits per heavy atom. The fourth-order valence-corrected chi connectivity index (χ4v) is 1.29. The molecule has 2 heterocycles. The van der Waals surface area contributed by atoms with Gasteiger partial charge in [-0.15, -0.1) is 0 Å². The van der Waals surface area contributed by atoms with Crippen molar-refractivity contribution < 1.29 is 0 Å². The van der Waals surface area contributed by atoms with Crippen LogP contribution in [0.15, 0.2) is 23.2 Å². The number of nitrogens with zero attached hydrogens (tertiary/aromatic N) is 4. The predicted molar refractivity (Wildman–Crippen MR) is 56.3 cm³/mol. The molecule has 2 aromatic rings. The largest absolute Gasteiger partial charge is 0.274 e. The first-order valence-electron chi connectivity index (χ1n) is 4.17. The van der Waals surface area contributed by atoms with Gasteiger partial charge in [0.2, 0.25) is 5.95 Å². The van der Waals surface area contributed by atoms with E-state index in [1.54, 1.807) is 17.1 Å². The minimum atomic E-state index is 0.645. The second-order valence-corrected chi connectivity index (χ2v) is 3.88. The van der Waals surface area contributed by atoms with Gasteiger partial charge >= 0.3 is 0 Å². The normalized spacial score (nSPS) is 10.5. The lowest BCUT2D eigenvalue weighted by atomic mass is 10.5. The van der Waals surface area contributed by atoms with Gasteiger partial charge in [0, 0.05) is 12.4 Å². The lowest BCUT2D eigenvalue weighted by molar-refractivity contribution is 0.904. The van der Waals surface area contributed by atoms with E-state index in [1.165, 1.54) is 0 Å². The Balaban J connectivity index is 2.47. The third-order valence-corrected chi connectivity index (χ3v) is 2.63. The van der Waals surface area contributed by atoms with Gasteiger partial charge in [0.15, 0.2) is 0 Å². The second-order valence-electron chi connectivity index (χ2n) is 3.03. The van der Waals surface area contributed by atoms with E-state index in [-0.39, 0.29) is 0 Å². The first-order chi connectivity index (χ1) is 6.66. The summed E-state index contributed by atoms with van der Waals surface area (Å²) in [6.07, 6.45) is 5.34. The van der Waals surface area contributed by atoms with Crippen LogP contribution in [0.1, 0.15) is 11.4 Å². The molecule has 0 bridgehead atoms. The Morgan fingerprint density at radius 2 is 2.07 bits per heavy atom. The van der Waals surface area contributed by atoms with E-state index in [4.69, 9.17) is 0 Å². The predicted octanol–water partition coefficient (Wildman–Crippen LogP) is 2.04. The summed E-state index contributed by atoms with van der Waals surface area (Å²) in [7, 11) is 0. The molecule has 0 spiro atoms. The molecule has 0 unspecified atom stereocenters. The van der Waals surface area contributed by atoms with Crippen LogP contribution in [-0.4, -0.2) is 19.5 Å². The molecule has 5 heteroatoms. The van der Waals surface area contributed by atoms with Crippen LogP contribution in [0.2, 0.25) is 0 Å². The van der Waals surface area contributed by atoms with Crippen molar-refractivity contribution in [1.82, 2.24) is 19.5 Å². The number of imidazole rings is 1. The quantitative estimate of drug-likeness (QED) is 0.781. The van der Waals surface area contributed by atoms with Gasteiger partial charge in [-0.3, -0.25) is 4.57 Å². The standard InChI is InChI=1S/C9H9BrN4/c1-6-4-14(5-12-6)9-11-3-8(10)7(2)13-9/h3-5H,1-2H3. The second kappa shape index (κ2) is 3.49. The average molecular weight is 253 g/mol. The molecule has 2 rings (SSSR count). The molecule has 0 amide bonds. The fourth-order valence-electron chi connectivity index (χ4n) is 1.10. The van der Waals surface area contributed by atoms with Gasteiger partial charge in [-0.1, -0.05) is 0 Å². The third-order valence-electron chi connectivity index (χ3n) is 1.85. The Morgan fingerprint density at radius 3 is 2.64 bits per heavy atom. The number of rotatable bonds is 1. The minimum absolute atomic E-state index is 0.645. The molecule has 0 saturated carbocycles. The molecular weight excluding hydrogens is 244 g/mol. The summed E-state index contributed by atoms with van der Waals surface area (Å²) in [5, 5.41) is 0. The van der Waals surface area contributed by atoms with Gasteiger partial charge < -0.3 is 0 Å². The molecule has 0 aliphatic heterocycles. The van der Waals surface area contributed by atoms with Gasteiger partial charge in [-0.25, -0.2) is 15.0 Å². The minimum Gasteiger partial charge on any atom is -0.274 e. The van der Waals surface area contributed by atoms with Gasteiger partial charge in [0.05, 0.1) is 15.9 Å². The van der Waals surface area contributed by atoms with E-state index in [9.17, 15) is 0 Å². The number of halogens is 1. The highest BCUT2D eigenvalue weighted by atomic mass is 79.9. The highest BCUT2D eigenvalue weighted by Crippen LogP contribution is 2.13. The van der Waals surface area contributed by atoms with Gasteiger partial charge in [-0.05, 0) is 29.8 Å². The van der Waals surface area contributed by atoms with E-state index in [1.807, 2.05) is 20.0 Å². The fraction of sp³-hybridized carbons (Fsp3) is 0.222. The highest BCUT2D eigenvalue weighted by Gasteiger charge is 2.02. The van der Waals surface area contributed by atoms with Crippen LogP contribution >= 0.6 is 15.9 Å². The van der Waals surface area contributed by atoms with Crippen molar-refractivity contribution in [2.24, 2.45) is 0 Å². The van der Waals surface area contributed by atoms with E-state index in [0.29, 0.717) is 5.95 Å². The van der Waals surface area contributed by atoms with Crippen molar-refractivity contribution in [3.05, 3.63) is 34.6 Å². The molecule has 0 saturated heterocycles. The first kappa shape index (κ1) is 9.33. The summed E-state index contributed by atoms with van der Waals surface area (Å²) >= 11 is 3.36. The van der Waals surface area contributed by atoms with E-state index < -0.39 is 0 Å². The van der Waals surface area contributed by atoms with Gasteiger partial charge in [0.25, 0.3) is 0 Å². The summed E-state index contributed by atoms with van der Waals surface area (Å²) in [6, 6.07) is 0. The van der Waals surface area contributed by atoms with Crippen LogP contribution in [0.3, 0.4) is 0 Å². The van der Waals surface area contributed by atoms with E-state index >= 15 is 0 Å². The van der Waals surface area contributed by atoms with Crippen molar-refractivity contribution in [3.63, 3.8) is 0 Å². The number of aromatic nitrogens is 4. The Hall–Kier alpha value is -1.23. The lowest BCUT2D eigenvalue weighted by Gasteiger charge is -2.01. The molecule has 14 heavy (non-hydrogen) atoms. The average Bonchev–Trinajstić information content (AvgIpc) is 2.57. The van der Waals surface area contributed by atoms with Crippen LogP contribution in [0.5, 0.6) is 0 Å². The molecule has 72 valence electrons. The SMILES string of the molecule is Cc1cn(-c2ncc(Br)c(C)n2)cn1. The van der Waals surface area contributed by atoms with Gasteiger partial charge in [-0.2, -0.15) is 0 Å². The Labute approximate surface area is 90.2 Å². The number of hydrogen-bond acceptors (Lipinski definition) is 3. The van der Waals surface area contributed by atoms with Crippen molar-refractivity contribution in [2.75, 3.05) is 0 Å². The van der Waals surface area contributed by atoms with Crippen LogP contribution in [0.4, 0.5) is 0 Å². The highest BCUT2D eigenvalue weighted by molar-refractivity contribution is 9.10. The molecule has 0 fully saturated rings. The zero-order valence-electron chi connectivity index (χ0n) is 7.90. The van der Waals surface area contributed by atoms with Crippen molar-refractivity contribution in [2.45, 2.75) is 13.8 Å². The summed E-state index contributed by atoms with van der Waals surface area (Å²) in [5.41, 5.74) is 1.87. The molecule has 0 aliphatic rings. The van der Waals surface area contributed by atoms with Crippen LogP contribution < -0.4 is 0 Å². The summed E-state index contributed by atoms with van der Waals surface area (Å²) in [4.78, 5) is 12.6. The Kier molecular flexibility index (Phi) is 2.33. The molecule has 0 radical (unpaired) electrons. The van der Waals surface area contributed by atoms with Gasteiger partial charge in [0.1, 0.15) is 6.33 Å². The Bertz CT molecular complexity index is 464. The van der Waals surface area contributed by atoms with Crippen molar-refractivity contribution >= 4 is 15.9 Å². The monoisotopic (exact) mass is 252 g/mol. The first-order valence-corrected chi connectivity index (χ1v) is 4.96. The topological polar surface area (TPSA) is 43.6 Å².